The fourth-order valence-corrected chi connectivity index (χ4v) is 1.81. The van der Waals surface area contributed by atoms with E-state index in [9.17, 15) is 0 Å². The van der Waals surface area contributed by atoms with Crippen LogP contribution in [0.3, 0.4) is 0 Å². The van der Waals surface area contributed by atoms with Gasteiger partial charge in [0.05, 0.1) is 12.8 Å². The molecule has 1 fully saturated rings. The fourth-order valence-electron chi connectivity index (χ4n) is 1.81. The van der Waals surface area contributed by atoms with Crippen molar-refractivity contribution in [1.29, 1.82) is 0 Å². The van der Waals surface area contributed by atoms with Crippen LogP contribution < -0.4 is 10.1 Å². The van der Waals surface area contributed by atoms with E-state index in [1.807, 2.05) is 6.07 Å². The molecule has 76 valence electrons. The predicted molar refractivity (Wildman–Crippen MR) is 53.4 cm³/mol. The van der Waals surface area contributed by atoms with Gasteiger partial charge in [0, 0.05) is 12.0 Å². The van der Waals surface area contributed by atoms with Crippen molar-refractivity contribution in [3.63, 3.8) is 0 Å². The topological polar surface area (TPSA) is 47.0 Å². The first-order valence-electron chi connectivity index (χ1n) is 4.97. The molecule has 0 spiro atoms. The lowest BCUT2D eigenvalue weighted by Gasteiger charge is -2.21. The first kappa shape index (κ1) is 9.40. The molecule has 1 aromatic heterocycles. The van der Waals surface area contributed by atoms with Crippen molar-refractivity contribution in [2.45, 2.75) is 18.8 Å². The Bertz CT molecular complexity index is 297. The zero-order valence-corrected chi connectivity index (χ0v) is 8.36. The molecule has 14 heavy (non-hydrogen) atoms. The molecule has 2 heterocycles. The van der Waals surface area contributed by atoms with Gasteiger partial charge in [-0.25, -0.2) is 9.97 Å². The lowest BCUT2D eigenvalue weighted by molar-refractivity contribution is 0.392. The van der Waals surface area contributed by atoms with E-state index in [1.165, 1.54) is 0 Å². The van der Waals surface area contributed by atoms with Crippen LogP contribution in [0, 0.1) is 0 Å². The average molecular weight is 193 g/mol. The Morgan fingerprint density at radius 3 is 2.86 bits per heavy atom. The molecule has 1 saturated heterocycles. The molecule has 1 aromatic rings. The van der Waals surface area contributed by atoms with Crippen molar-refractivity contribution < 1.29 is 4.74 Å². The third-order valence-corrected chi connectivity index (χ3v) is 2.63. The zero-order valence-electron chi connectivity index (χ0n) is 8.36. The van der Waals surface area contributed by atoms with Crippen molar-refractivity contribution in [3.8, 4) is 5.88 Å². The first-order valence-corrected chi connectivity index (χ1v) is 4.97. The molecular formula is C10H15N3O. The Morgan fingerprint density at radius 1 is 1.36 bits per heavy atom. The lowest BCUT2D eigenvalue weighted by Crippen LogP contribution is -2.27. The molecular weight excluding hydrogens is 178 g/mol. The van der Waals surface area contributed by atoms with Crippen LogP contribution in [-0.4, -0.2) is 30.2 Å². The van der Waals surface area contributed by atoms with Gasteiger partial charge in [-0.1, -0.05) is 0 Å². The molecule has 1 N–H and O–H groups in total. The van der Waals surface area contributed by atoms with E-state index in [0.717, 1.165) is 31.6 Å². The van der Waals surface area contributed by atoms with Crippen LogP contribution in [0.2, 0.25) is 0 Å². The highest BCUT2D eigenvalue weighted by Gasteiger charge is 2.16. The lowest BCUT2D eigenvalue weighted by atomic mass is 9.94. The van der Waals surface area contributed by atoms with Crippen molar-refractivity contribution in [3.05, 3.63) is 18.1 Å². The molecule has 1 aliphatic rings. The SMILES string of the molecule is COc1cc(C2CCNCC2)ncn1. The van der Waals surface area contributed by atoms with Gasteiger partial charge in [-0.05, 0) is 25.9 Å². The van der Waals surface area contributed by atoms with Crippen molar-refractivity contribution in [2.75, 3.05) is 20.2 Å². The molecule has 0 unspecified atom stereocenters. The molecule has 0 aromatic carbocycles. The zero-order chi connectivity index (χ0) is 9.80. The highest BCUT2D eigenvalue weighted by atomic mass is 16.5. The third-order valence-electron chi connectivity index (χ3n) is 2.63. The summed E-state index contributed by atoms with van der Waals surface area (Å²) >= 11 is 0. The monoisotopic (exact) mass is 193 g/mol. The number of nitrogens with one attached hydrogen (secondary N) is 1. The normalized spacial score (nSPS) is 18.1. The van der Waals surface area contributed by atoms with E-state index >= 15 is 0 Å². The predicted octanol–water partition coefficient (Wildman–Crippen LogP) is 0.952. The number of rotatable bonds is 2. The largest absolute Gasteiger partial charge is 0.481 e. The van der Waals surface area contributed by atoms with Gasteiger partial charge in [0.1, 0.15) is 6.33 Å². The van der Waals surface area contributed by atoms with Crippen molar-refractivity contribution >= 4 is 0 Å². The summed E-state index contributed by atoms with van der Waals surface area (Å²) in [4.78, 5) is 8.30. The number of piperidine rings is 1. The highest BCUT2D eigenvalue weighted by molar-refractivity contribution is 5.17. The van der Waals surface area contributed by atoms with Gasteiger partial charge in [0.15, 0.2) is 0 Å². The third kappa shape index (κ3) is 2.01. The molecule has 0 saturated carbocycles. The molecule has 1 aliphatic heterocycles. The van der Waals surface area contributed by atoms with Gasteiger partial charge in [-0.3, -0.25) is 0 Å². The summed E-state index contributed by atoms with van der Waals surface area (Å²) in [6, 6.07) is 1.94. The van der Waals surface area contributed by atoms with Crippen LogP contribution in [0.1, 0.15) is 24.5 Å². The summed E-state index contributed by atoms with van der Waals surface area (Å²) in [5.41, 5.74) is 1.11. The number of methoxy groups -OCH3 is 1. The summed E-state index contributed by atoms with van der Waals surface area (Å²) < 4.78 is 5.08. The quantitative estimate of drug-likeness (QED) is 0.759. The Morgan fingerprint density at radius 2 is 2.14 bits per heavy atom. The van der Waals surface area contributed by atoms with Gasteiger partial charge >= 0.3 is 0 Å². The van der Waals surface area contributed by atoms with E-state index in [1.54, 1.807) is 13.4 Å². The standard InChI is InChI=1S/C10H15N3O/c1-14-10-6-9(12-7-13-10)8-2-4-11-5-3-8/h6-8,11H,2-5H2,1H3. The number of aromatic nitrogens is 2. The van der Waals surface area contributed by atoms with Crippen molar-refractivity contribution in [2.24, 2.45) is 0 Å². The second kappa shape index (κ2) is 4.37. The molecule has 0 radical (unpaired) electrons. The molecule has 0 aliphatic carbocycles. The Balaban J connectivity index is 2.13. The Hall–Kier alpha value is -1.16. The van der Waals surface area contributed by atoms with E-state index in [2.05, 4.69) is 15.3 Å². The van der Waals surface area contributed by atoms with E-state index in [0.29, 0.717) is 11.8 Å². The summed E-state index contributed by atoms with van der Waals surface area (Å²) in [7, 11) is 1.63. The van der Waals surface area contributed by atoms with Crippen molar-refractivity contribution in [1.82, 2.24) is 15.3 Å². The van der Waals surface area contributed by atoms with Gasteiger partial charge in [0.25, 0.3) is 0 Å². The minimum Gasteiger partial charge on any atom is -0.481 e. The molecule has 2 rings (SSSR count). The molecule has 4 heteroatoms. The van der Waals surface area contributed by atoms with E-state index in [-0.39, 0.29) is 0 Å². The van der Waals surface area contributed by atoms with Crippen LogP contribution >= 0.6 is 0 Å². The second-order valence-electron chi connectivity index (χ2n) is 3.51. The van der Waals surface area contributed by atoms with Crippen LogP contribution in [0.4, 0.5) is 0 Å². The summed E-state index contributed by atoms with van der Waals surface area (Å²) in [5.74, 6) is 1.22. The first-order chi connectivity index (χ1) is 6.90. The van der Waals surface area contributed by atoms with Crippen LogP contribution in [0.25, 0.3) is 0 Å². The minimum atomic E-state index is 0.563. The van der Waals surface area contributed by atoms with Gasteiger partial charge in [-0.2, -0.15) is 0 Å². The van der Waals surface area contributed by atoms with Gasteiger partial charge < -0.3 is 10.1 Å². The van der Waals surface area contributed by atoms with E-state index in [4.69, 9.17) is 4.74 Å². The van der Waals surface area contributed by atoms with Gasteiger partial charge in [-0.15, -0.1) is 0 Å². The maximum atomic E-state index is 5.08. The van der Waals surface area contributed by atoms with Gasteiger partial charge in [0.2, 0.25) is 5.88 Å². The summed E-state index contributed by atoms with van der Waals surface area (Å²) in [6.07, 6.45) is 3.89. The Kier molecular flexibility index (Phi) is 2.93. The molecule has 0 bridgehead atoms. The molecule has 4 nitrogen and oxygen atoms in total. The number of nitrogens with zero attached hydrogens (tertiary/aromatic N) is 2. The van der Waals surface area contributed by atoms with Crippen LogP contribution in [-0.2, 0) is 0 Å². The Labute approximate surface area is 83.7 Å². The summed E-state index contributed by atoms with van der Waals surface area (Å²) in [6.45, 7) is 2.16. The smallest absolute Gasteiger partial charge is 0.216 e. The number of ether oxygens (including phenoxy) is 1. The number of hydrogen-bond donors (Lipinski definition) is 1. The second-order valence-corrected chi connectivity index (χ2v) is 3.51. The molecule has 0 atom stereocenters. The highest BCUT2D eigenvalue weighted by Crippen LogP contribution is 2.24. The maximum absolute atomic E-state index is 5.08. The summed E-state index contributed by atoms with van der Waals surface area (Å²) in [5, 5.41) is 3.34. The molecule has 0 amide bonds. The number of hydrogen-bond acceptors (Lipinski definition) is 4. The van der Waals surface area contributed by atoms with Crippen LogP contribution in [0.15, 0.2) is 12.4 Å². The van der Waals surface area contributed by atoms with E-state index < -0.39 is 0 Å². The maximum Gasteiger partial charge on any atom is 0.216 e. The fraction of sp³-hybridized carbons (Fsp3) is 0.600. The average Bonchev–Trinajstić information content (AvgIpc) is 2.30. The van der Waals surface area contributed by atoms with Crippen LogP contribution in [0.5, 0.6) is 5.88 Å². The minimum absolute atomic E-state index is 0.563.